The Morgan fingerprint density at radius 3 is 2.56 bits per heavy atom. The third-order valence-corrected chi connectivity index (χ3v) is 3.96. The zero-order valence-corrected chi connectivity index (χ0v) is 11.2. The van der Waals surface area contributed by atoms with Gasteiger partial charge in [0.2, 0.25) is 0 Å². The quantitative estimate of drug-likeness (QED) is 0.753. The smallest absolute Gasteiger partial charge is 0.0631 e. The van der Waals surface area contributed by atoms with Crippen LogP contribution in [-0.2, 0) is 4.74 Å². The van der Waals surface area contributed by atoms with Crippen molar-refractivity contribution in [2.24, 2.45) is 11.3 Å². The monoisotopic (exact) mass is 229 g/mol. The highest BCUT2D eigenvalue weighted by Gasteiger charge is 2.40. The SMILES string of the molecule is CCN(CCOC)CC1CCC(C)(C)C1O. The second-order valence-corrected chi connectivity index (χ2v) is 5.62. The van der Waals surface area contributed by atoms with Gasteiger partial charge in [-0.25, -0.2) is 0 Å². The van der Waals surface area contributed by atoms with Crippen LogP contribution in [0.4, 0.5) is 0 Å². The van der Waals surface area contributed by atoms with Gasteiger partial charge in [0, 0.05) is 20.2 Å². The third-order valence-electron chi connectivity index (χ3n) is 3.96. The summed E-state index contributed by atoms with van der Waals surface area (Å²) >= 11 is 0. The van der Waals surface area contributed by atoms with E-state index in [-0.39, 0.29) is 11.5 Å². The van der Waals surface area contributed by atoms with Crippen LogP contribution < -0.4 is 0 Å². The average molecular weight is 229 g/mol. The minimum Gasteiger partial charge on any atom is -0.392 e. The molecule has 16 heavy (non-hydrogen) atoms. The Hall–Kier alpha value is -0.120. The molecule has 1 fully saturated rings. The zero-order chi connectivity index (χ0) is 12.2. The molecule has 0 bridgehead atoms. The number of ether oxygens (including phenoxy) is 1. The van der Waals surface area contributed by atoms with Crippen LogP contribution in [0, 0.1) is 11.3 Å². The van der Waals surface area contributed by atoms with E-state index in [9.17, 15) is 5.11 Å². The molecule has 2 unspecified atom stereocenters. The lowest BCUT2D eigenvalue weighted by molar-refractivity contribution is 0.0299. The maximum absolute atomic E-state index is 10.2. The molecule has 96 valence electrons. The summed E-state index contributed by atoms with van der Waals surface area (Å²) in [4.78, 5) is 2.37. The molecule has 1 aliphatic rings. The first-order valence-corrected chi connectivity index (χ1v) is 6.40. The fourth-order valence-corrected chi connectivity index (χ4v) is 2.62. The fraction of sp³-hybridized carbons (Fsp3) is 1.00. The van der Waals surface area contributed by atoms with E-state index < -0.39 is 0 Å². The molecule has 3 nitrogen and oxygen atoms in total. The first-order valence-electron chi connectivity index (χ1n) is 6.40. The van der Waals surface area contributed by atoms with Gasteiger partial charge in [0.25, 0.3) is 0 Å². The number of methoxy groups -OCH3 is 1. The standard InChI is InChI=1S/C13H27NO2/c1-5-14(8-9-16-4)10-11-6-7-13(2,3)12(11)15/h11-12,15H,5-10H2,1-4H3. The van der Waals surface area contributed by atoms with Gasteiger partial charge in [0.05, 0.1) is 12.7 Å². The Bertz CT molecular complexity index is 206. The summed E-state index contributed by atoms with van der Waals surface area (Å²) in [5.41, 5.74) is 0.103. The Labute approximate surface area is 99.8 Å². The van der Waals surface area contributed by atoms with E-state index in [0.29, 0.717) is 5.92 Å². The molecule has 0 radical (unpaired) electrons. The first kappa shape index (κ1) is 13.9. The zero-order valence-electron chi connectivity index (χ0n) is 11.2. The topological polar surface area (TPSA) is 32.7 Å². The third kappa shape index (κ3) is 3.44. The summed E-state index contributed by atoms with van der Waals surface area (Å²) in [5.74, 6) is 0.437. The molecule has 0 aromatic carbocycles. The lowest BCUT2D eigenvalue weighted by atomic mass is 9.87. The summed E-state index contributed by atoms with van der Waals surface area (Å²) in [6.45, 7) is 10.3. The molecule has 3 heteroatoms. The molecule has 0 heterocycles. The van der Waals surface area contributed by atoms with Gasteiger partial charge in [-0.3, -0.25) is 0 Å². The predicted molar refractivity (Wildman–Crippen MR) is 66.5 cm³/mol. The molecule has 1 saturated carbocycles. The maximum Gasteiger partial charge on any atom is 0.0631 e. The highest BCUT2D eigenvalue weighted by Crippen LogP contribution is 2.41. The van der Waals surface area contributed by atoms with Crippen LogP contribution in [0.25, 0.3) is 0 Å². The summed E-state index contributed by atoms with van der Waals surface area (Å²) in [7, 11) is 1.74. The molecular formula is C13H27NO2. The van der Waals surface area contributed by atoms with E-state index in [1.807, 2.05) is 0 Å². The number of hydrogen-bond donors (Lipinski definition) is 1. The van der Waals surface area contributed by atoms with Crippen LogP contribution in [-0.4, -0.2) is 49.5 Å². The van der Waals surface area contributed by atoms with Gasteiger partial charge < -0.3 is 14.7 Å². The molecule has 1 aliphatic carbocycles. The first-order chi connectivity index (χ1) is 7.51. The van der Waals surface area contributed by atoms with Crippen molar-refractivity contribution < 1.29 is 9.84 Å². The Morgan fingerprint density at radius 2 is 2.12 bits per heavy atom. The number of hydrogen-bond acceptors (Lipinski definition) is 3. The highest BCUT2D eigenvalue weighted by atomic mass is 16.5. The molecule has 1 rings (SSSR count). The van der Waals surface area contributed by atoms with Crippen molar-refractivity contribution in [3.8, 4) is 0 Å². The number of aliphatic hydroxyl groups is 1. The van der Waals surface area contributed by atoms with Crippen molar-refractivity contribution in [2.75, 3.05) is 33.4 Å². The molecule has 2 atom stereocenters. The van der Waals surface area contributed by atoms with E-state index in [0.717, 1.165) is 39.1 Å². The molecule has 0 aromatic heterocycles. The van der Waals surface area contributed by atoms with Gasteiger partial charge in [0.1, 0.15) is 0 Å². The summed E-state index contributed by atoms with van der Waals surface area (Å²) in [6.07, 6.45) is 2.14. The molecule has 0 aliphatic heterocycles. The molecular weight excluding hydrogens is 202 g/mol. The van der Waals surface area contributed by atoms with E-state index in [4.69, 9.17) is 4.74 Å². The van der Waals surface area contributed by atoms with Crippen LogP contribution in [0.5, 0.6) is 0 Å². The number of likely N-dealkylation sites (N-methyl/N-ethyl adjacent to an activating group) is 1. The van der Waals surface area contributed by atoms with E-state index in [1.54, 1.807) is 7.11 Å². The van der Waals surface area contributed by atoms with Gasteiger partial charge in [-0.2, -0.15) is 0 Å². The van der Waals surface area contributed by atoms with Crippen LogP contribution in [0.2, 0.25) is 0 Å². The van der Waals surface area contributed by atoms with Gasteiger partial charge in [0.15, 0.2) is 0 Å². The van der Waals surface area contributed by atoms with Gasteiger partial charge in [-0.1, -0.05) is 20.8 Å². The van der Waals surface area contributed by atoms with Crippen LogP contribution in [0.3, 0.4) is 0 Å². The Kier molecular flexibility index (Phi) is 5.22. The van der Waals surface area contributed by atoms with E-state index >= 15 is 0 Å². The van der Waals surface area contributed by atoms with Gasteiger partial charge >= 0.3 is 0 Å². The summed E-state index contributed by atoms with van der Waals surface area (Å²) < 4.78 is 5.10. The number of rotatable bonds is 6. The summed E-state index contributed by atoms with van der Waals surface area (Å²) in [5, 5.41) is 10.2. The number of aliphatic hydroxyl groups excluding tert-OH is 1. The lowest BCUT2D eigenvalue weighted by Crippen LogP contribution is -2.37. The van der Waals surface area contributed by atoms with Crippen molar-refractivity contribution in [3.05, 3.63) is 0 Å². The van der Waals surface area contributed by atoms with Crippen molar-refractivity contribution in [1.82, 2.24) is 4.90 Å². The summed E-state index contributed by atoms with van der Waals surface area (Å²) in [6, 6.07) is 0. The second-order valence-electron chi connectivity index (χ2n) is 5.62. The predicted octanol–water partition coefficient (Wildman–Crippen LogP) is 1.75. The molecule has 0 amide bonds. The minimum atomic E-state index is -0.149. The molecule has 0 saturated heterocycles. The Balaban J connectivity index is 2.41. The van der Waals surface area contributed by atoms with E-state index in [2.05, 4.69) is 25.7 Å². The van der Waals surface area contributed by atoms with Crippen molar-refractivity contribution in [2.45, 2.75) is 39.7 Å². The minimum absolute atomic E-state index is 0.103. The fourth-order valence-electron chi connectivity index (χ4n) is 2.62. The van der Waals surface area contributed by atoms with Crippen molar-refractivity contribution in [1.29, 1.82) is 0 Å². The van der Waals surface area contributed by atoms with Crippen LogP contribution in [0.15, 0.2) is 0 Å². The highest BCUT2D eigenvalue weighted by molar-refractivity contribution is 4.92. The average Bonchev–Trinajstić information content (AvgIpc) is 2.50. The lowest BCUT2D eigenvalue weighted by Gasteiger charge is -2.29. The molecule has 0 spiro atoms. The maximum atomic E-state index is 10.2. The largest absolute Gasteiger partial charge is 0.392 e. The number of nitrogens with zero attached hydrogens (tertiary/aromatic N) is 1. The van der Waals surface area contributed by atoms with Crippen LogP contribution >= 0.6 is 0 Å². The Morgan fingerprint density at radius 1 is 1.44 bits per heavy atom. The van der Waals surface area contributed by atoms with Crippen LogP contribution in [0.1, 0.15) is 33.6 Å². The van der Waals surface area contributed by atoms with Crippen molar-refractivity contribution in [3.63, 3.8) is 0 Å². The van der Waals surface area contributed by atoms with Crippen molar-refractivity contribution >= 4 is 0 Å². The molecule has 1 N–H and O–H groups in total. The van der Waals surface area contributed by atoms with Gasteiger partial charge in [-0.05, 0) is 30.7 Å². The van der Waals surface area contributed by atoms with Gasteiger partial charge in [-0.15, -0.1) is 0 Å². The molecule has 0 aromatic rings. The second kappa shape index (κ2) is 5.99. The normalized spacial score (nSPS) is 28.9. The van der Waals surface area contributed by atoms with E-state index in [1.165, 1.54) is 0 Å².